The van der Waals surface area contributed by atoms with E-state index in [0.29, 0.717) is 0 Å². The molecule has 0 bridgehead atoms. The first kappa shape index (κ1) is 9.39. The van der Waals surface area contributed by atoms with Crippen molar-refractivity contribution in [3.63, 3.8) is 0 Å². The van der Waals surface area contributed by atoms with Crippen molar-refractivity contribution in [1.29, 1.82) is 0 Å². The molecule has 0 aliphatic heterocycles. The van der Waals surface area contributed by atoms with Crippen LogP contribution in [0.1, 0.15) is 5.56 Å². The molecule has 0 saturated carbocycles. The summed E-state index contributed by atoms with van der Waals surface area (Å²) in [4.78, 5) is 19.4. The molecule has 0 aliphatic carbocycles. The Labute approximate surface area is 86.8 Å². The number of carbonyl (C=O) groups is 1. The Hall–Kier alpha value is -2.17. The lowest BCUT2D eigenvalue weighted by Crippen LogP contribution is -2.18. The number of carbonyl (C=O) groups excluding carboxylic acids is 1. The fourth-order valence-corrected chi connectivity index (χ4v) is 1.17. The van der Waals surface area contributed by atoms with E-state index in [1.807, 2.05) is 6.92 Å². The predicted molar refractivity (Wildman–Crippen MR) is 55.6 cm³/mol. The zero-order valence-corrected chi connectivity index (χ0v) is 8.21. The number of aryl methyl sites for hydroxylation is 1. The first-order chi connectivity index (χ1) is 7.27. The summed E-state index contributed by atoms with van der Waals surface area (Å²) >= 11 is 0. The van der Waals surface area contributed by atoms with Crippen LogP contribution in [0.4, 0.5) is 10.5 Å². The highest BCUT2D eigenvalue weighted by atomic mass is 16.2. The van der Waals surface area contributed by atoms with Gasteiger partial charge in [-0.2, -0.15) is 0 Å². The number of pyridine rings is 1. The number of imidazole rings is 1. The van der Waals surface area contributed by atoms with Crippen molar-refractivity contribution in [3.05, 3.63) is 42.7 Å². The van der Waals surface area contributed by atoms with Crippen LogP contribution in [0, 0.1) is 6.92 Å². The maximum Gasteiger partial charge on any atom is 0.331 e. The normalized spacial score (nSPS) is 9.93. The van der Waals surface area contributed by atoms with Gasteiger partial charge in [0, 0.05) is 30.5 Å². The van der Waals surface area contributed by atoms with E-state index in [9.17, 15) is 4.79 Å². The third kappa shape index (κ3) is 2.01. The van der Waals surface area contributed by atoms with Crippen molar-refractivity contribution in [2.24, 2.45) is 0 Å². The minimum atomic E-state index is -0.234. The zero-order valence-electron chi connectivity index (χ0n) is 8.21. The summed E-state index contributed by atoms with van der Waals surface area (Å²) in [5.41, 5.74) is 1.68. The second-order valence-corrected chi connectivity index (χ2v) is 3.09. The van der Waals surface area contributed by atoms with Gasteiger partial charge in [-0.3, -0.25) is 9.55 Å². The molecule has 0 radical (unpaired) electrons. The monoisotopic (exact) mass is 202 g/mol. The van der Waals surface area contributed by atoms with Gasteiger partial charge in [0.15, 0.2) is 0 Å². The maximum absolute atomic E-state index is 11.6. The van der Waals surface area contributed by atoms with Crippen molar-refractivity contribution < 1.29 is 4.79 Å². The van der Waals surface area contributed by atoms with Crippen molar-refractivity contribution in [2.75, 3.05) is 5.32 Å². The van der Waals surface area contributed by atoms with E-state index in [4.69, 9.17) is 0 Å². The molecule has 1 amide bonds. The molecule has 0 aliphatic rings. The van der Waals surface area contributed by atoms with E-state index in [1.165, 1.54) is 10.9 Å². The minimum absolute atomic E-state index is 0.234. The highest BCUT2D eigenvalue weighted by Gasteiger charge is 2.05. The molecular weight excluding hydrogens is 192 g/mol. The lowest BCUT2D eigenvalue weighted by Gasteiger charge is -2.06. The number of nitrogens with one attached hydrogen (secondary N) is 1. The Morgan fingerprint density at radius 3 is 2.93 bits per heavy atom. The summed E-state index contributed by atoms with van der Waals surface area (Å²) < 4.78 is 1.37. The largest absolute Gasteiger partial charge is 0.331 e. The quantitative estimate of drug-likeness (QED) is 0.765. The average molecular weight is 202 g/mol. The van der Waals surface area contributed by atoms with Gasteiger partial charge in [0.1, 0.15) is 6.33 Å². The minimum Gasteiger partial charge on any atom is -0.307 e. The molecule has 1 N–H and O–H groups in total. The molecule has 76 valence electrons. The number of hydrogen-bond acceptors (Lipinski definition) is 3. The van der Waals surface area contributed by atoms with Crippen LogP contribution in [0.2, 0.25) is 0 Å². The predicted octanol–water partition coefficient (Wildman–Crippen LogP) is 1.67. The van der Waals surface area contributed by atoms with E-state index < -0.39 is 0 Å². The summed E-state index contributed by atoms with van der Waals surface area (Å²) in [6, 6.07) is 1.52. The number of amides is 1. The molecule has 2 rings (SSSR count). The van der Waals surface area contributed by atoms with Crippen molar-refractivity contribution in [2.45, 2.75) is 6.92 Å². The van der Waals surface area contributed by atoms with Gasteiger partial charge in [0.2, 0.25) is 0 Å². The van der Waals surface area contributed by atoms with Gasteiger partial charge in [-0.1, -0.05) is 0 Å². The number of rotatable bonds is 1. The van der Waals surface area contributed by atoms with E-state index in [2.05, 4.69) is 15.3 Å². The Morgan fingerprint density at radius 1 is 1.40 bits per heavy atom. The van der Waals surface area contributed by atoms with Crippen LogP contribution >= 0.6 is 0 Å². The number of hydrogen-bond donors (Lipinski definition) is 1. The molecule has 0 atom stereocenters. The summed E-state index contributed by atoms with van der Waals surface area (Å²) in [5.74, 6) is 0. The van der Waals surface area contributed by atoms with Crippen LogP contribution in [-0.4, -0.2) is 20.6 Å². The lowest BCUT2D eigenvalue weighted by molar-refractivity contribution is 0.253. The van der Waals surface area contributed by atoms with E-state index in [-0.39, 0.29) is 6.03 Å². The van der Waals surface area contributed by atoms with Gasteiger partial charge in [-0.05, 0) is 18.6 Å². The second-order valence-electron chi connectivity index (χ2n) is 3.09. The SMILES string of the molecule is Cc1cnccc1NC(=O)n1ccnc1. The maximum atomic E-state index is 11.6. The molecular formula is C10H10N4O. The van der Waals surface area contributed by atoms with Crippen LogP contribution in [0.15, 0.2) is 37.2 Å². The van der Waals surface area contributed by atoms with Gasteiger partial charge in [0.25, 0.3) is 0 Å². The molecule has 5 heteroatoms. The fraction of sp³-hybridized carbons (Fsp3) is 0.100. The molecule has 0 spiro atoms. The fourth-order valence-electron chi connectivity index (χ4n) is 1.17. The molecule has 0 unspecified atom stereocenters. The van der Waals surface area contributed by atoms with Gasteiger partial charge < -0.3 is 5.32 Å². The van der Waals surface area contributed by atoms with Crippen LogP contribution in [0.3, 0.4) is 0 Å². The third-order valence-electron chi connectivity index (χ3n) is 2.00. The summed E-state index contributed by atoms with van der Waals surface area (Å²) in [7, 11) is 0. The smallest absolute Gasteiger partial charge is 0.307 e. The van der Waals surface area contributed by atoms with Gasteiger partial charge in [-0.15, -0.1) is 0 Å². The number of nitrogens with zero attached hydrogens (tertiary/aromatic N) is 3. The van der Waals surface area contributed by atoms with E-state index >= 15 is 0 Å². The molecule has 5 nitrogen and oxygen atoms in total. The Balaban J connectivity index is 2.17. The number of aromatic nitrogens is 3. The molecule has 2 aromatic heterocycles. The summed E-state index contributed by atoms with van der Waals surface area (Å²) in [6.45, 7) is 1.89. The standard InChI is InChI=1S/C10H10N4O/c1-8-6-11-3-2-9(8)13-10(15)14-5-4-12-7-14/h2-7H,1H3,(H,11,13,15). The van der Waals surface area contributed by atoms with E-state index in [0.717, 1.165) is 11.3 Å². The Kier molecular flexibility index (Phi) is 2.45. The number of anilines is 1. The lowest BCUT2D eigenvalue weighted by atomic mass is 10.2. The molecule has 2 aromatic rings. The first-order valence-corrected chi connectivity index (χ1v) is 4.47. The van der Waals surface area contributed by atoms with Gasteiger partial charge in [-0.25, -0.2) is 9.78 Å². The van der Waals surface area contributed by atoms with Crippen molar-refractivity contribution >= 4 is 11.7 Å². The highest BCUT2D eigenvalue weighted by Crippen LogP contribution is 2.11. The van der Waals surface area contributed by atoms with Crippen molar-refractivity contribution in [3.8, 4) is 0 Å². The molecule has 15 heavy (non-hydrogen) atoms. The van der Waals surface area contributed by atoms with Crippen molar-refractivity contribution in [1.82, 2.24) is 14.5 Å². The Morgan fingerprint density at radius 2 is 2.27 bits per heavy atom. The topological polar surface area (TPSA) is 59.8 Å². The van der Waals surface area contributed by atoms with Crippen LogP contribution in [-0.2, 0) is 0 Å². The highest BCUT2D eigenvalue weighted by molar-refractivity contribution is 5.91. The van der Waals surface area contributed by atoms with Crippen LogP contribution in [0.25, 0.3) is 0 Å². The zero-order chi connectivity index (χ0) is 10.7. The summed E-state index contributed by atoms with van der Waals surface area (Å²) in [5, 5.41) is 2.76. The molecule has 0 saturated heterocycles. The molecule has 0 aromatic carbocycles. The Bertz CT molecular complexity index is 464. The van der Waals surface area contributed by atoms with Crippen LogP contribution in [0.5, 0.6) is 0 Å². The third-order valence-corrected chi connectivity index (χ3v) is 2.00. The second kappa shape index (κ2) is 3.91. The molecule has 2 heterocycles. The van der Waals surface area contributed by atoms with E-state index in [1.54, 1.807) is 30.9 Å². The molecule has 0 fully saturated rings. The van der Waals surface area contributed by atoms with Gasteiger partial charge in [0.05, 0.1) is 0 Å². The first-order valence-electron chi connectivity index (χ1n) is 4.47. The van der Waals surface area contributed by atoms with Gasteiger partial charge >= 0.3 is 6.03 Å². The van der Waals surface area contributed by atoms with Crippen LogP contribution < -0.4 is 5.32 Å². The average Bonchev–Trinajstić information content (AvgIpc) is 2.74. The summed E-state index contributed by atoms with van der Waals surface area (Å²) in [6.07, 6.45) is 7.93.